The zero-order valence-corrected chi connectivity index (χ0v) is 18.8. The SMILES string of the molecule is O=C(NCc1ccc2c(c1)OCO2)C1CCN(c2nccn3nc(-c4cccs4)cc23)CC1. The van der Waals surface area contributed by atoms with Crippen LogP contribution in [-0.4, -0.2) is 40.4 Å². The molecule has 2 aliphatic heterocycles. The lowest BCUT2D eigenvalue weighted by Crippen LogP contribution is -2.40. The van der Waals surface area contributed by atoms with E-state index in [1.54, 1.807) is 17.5 Å². The van der Waals surface area contributed by atoms with E-state index in [0.29, 0.717) is 6.54 Å². The van der Waals surface area contributed by atoms with E-state index in [1.165, 1.54) is 0 Å². The Hall–Kier alpha value is -3.59. The topological polar surface area (TPSA) is 81.0 Å². The predicted octanol–water partition coefficient (Wildman–Crippen LogP) is 3.72. The molecule has 5 heterocycles. The van der Waals surface area contributed by atoms with Crippen molar-refractivity contribution in [2.24, 2.45) is 5.92 Å². The van der Waals surface area contributed by atoms with Gasteiger partial charge < -0.3 is 19.7 Å². The number of aromatic nitrogens is 3. The Morgan fingerprint density at radius 1 is 1.15 bits per heavy atom. The summed E-state index contributed by atoms with van der Waals surface area (Å²) in [6, 6.07) is 12.0. The fourth-order valence-electron chi connectivity index (χ4n) is 4.43. The Labute approximate surface area is 194 Å². The molecule has 0 aliphatic carbocycles. The van der Waals surface area contributed by atoms with Crippen molar-refractivity contribution in [3.63, 3.8) is 0 Å². The number of ether oxygens (including phenoxy) is 2. The van der Waals surface area contributed by atoms with Crippen LogP contribution >= 0.6 is 11.3 Å². The number of piperidine rings is 1. The molecular formula is C24H23N5O3S. The smallest absolute Gasteiger partial charge is 0.231 e. The molecule has 1 amide bonds. The molecule has 0 spiro atoms. The monoisotopic (exact) mass is 461 g/mol. The van der Waals surface area contributed by atoms with Crippen LogP contribution in [0.4, 0.5) is 5.82 Å². The summed E-state index contributed by atoms with van der Waals surface area (Å²) in [6.45, 7) is 2.31. The van der Waals surface area contributed by atoms with E-state index in [1.807, 2.05) is 35.0 Å². The van der Waals surface area contributed by atoms with E-state index in [2.05, 4.69) is 32.7 Å². The van der Waals surface area contributed by atoms with E-state index < -0.39 is 0 Å². The number of anilines is 1. The first-order valence-electron chi connectivity index (χ1n) is 11.0. The van der Waals surface area contributed by atoms with Crippen molar-refractivity contribution >= 4 is 28.6 Å². The van der Waals surface area contributed by atoms with Gasteiger partial charge in [-0.1, -0.05) is 12.1 Å². The Morgan fingerprint density at radius 2 is 2.03 bits per heavy atom. The van der Waals surface area contributed by atoms with Crippen molar-refractivity contribution in [3.8, 4) is 22.1 Å². The number of fused-ring (bicyclic) bond motifs is 2. The molecule has 0 radical (unpaired) electrons. The van der Waals surface area contributed by atoms with Crippen LogP contribution in [0, 0.1) is 5.92 Å². The van der Waals surface area contributed by atoms with Crippen molar-refractivity contribution in [2.75, 3.05) is 24.8 Å². The average molecular weight is 462 g/mol. The van der Waals surface area contributed by atoms with Gasteiger partial charge in [0.15, 0.2) is 17.3 Å². The Kier molecular flexibility index (Phi) is 5.10. The molecule has 6 rings (SSSR count). The van der Waals surface area contributed by atoms with Gasteiger partial charge in [-0.2, -0.15) is 5.10 Å². The van der Waals surface area contributed by atoms with E-state index in [9.17, 15) is 4.79 Å². The highest BCUT2D eigenvalue weighted by molar-refractivity contribution is 7.13. The minimum absolute atomic E-state index is 0.00147. The number of rotatable bonds is 5. The molecule has 3 aromatic heterocycles. The summed E-state index contributed by atoms with van der Waals surface area (Å²) >= 11 is 1.68. The van der Waals surface area contributed by atoms with Crippen LogP contribution in [0.5, 0.6) is 11.5 Å². The molecule has 8 nitrogen and oxygen atoms in total. The first kappa shape index (κ1) is 20.0. The number of nitrogens with one attached hydrogen (secondary N) is 1. The van der Waals surface area contributed by atoms with Crippen LogP contribution in [0.15, 0.2) is 54.2 Å². The predicted molar refractivity (Wildman–Crippen MR) is 126 cm³/mol. The van der Waals surface area contributed by atoms with E-state index in [0.717, 1.165) is 64.9 Å². The highest BCUT2D eigenvalue weighted by Gasteiger charge is 2.27. The third kappa shape index (κ3) is 3.89. The summed E-state index contributed by atoms with van der Waals surface area (Å²) in [6.07, 6.45) is 5.26. The molecule has 0 atom stereocenters. The highest BCUT2D eigenvalue weighted by atomic mass is 32.1. The van der Waals surface area contributed by atoms with Crippen molar-refractivity contribution in [3.05, 3.63) is 59.7 Å². The zero-order valence-electron chi connectivity index (χ0n) is 17.9. The maximum atomic E-state index is 12.8. The second-order valence-electron chi connectivity index (χ2n) is 8.25. The summed E-state index contributed by atoms with van der Waals surface area (Å²) in [4.78, 5) is 20.8. The van der Waals surface area contributed by atoms with Crippen LogP contribution < -0.4 is 19.7 Å². The Balaban J connectivity index is 1.09. The summed E-state index contributed by atoms with van der Waals surface area (Å²) in [7, 11) is 0. The second-order valence-corrected chi connectivity index (χ2v) is 9.20. The van der Waals surface area contributed by atoms with Crippen molar-refractivity contribution in [1.29, 1.82) is 0 Å². The van der Waals surface area contributed by atoms with E-state index >= 15 is 0 Å². The zero-order chi connectivity index (χ0) is 22.2. The molecule has 2 aliphatic rings. The van der Waals surface area contributed by atoms with Gasteiger partial charge in [-0.3, -0.25) is 4.79 Å². The fourth-order valence-corrected chi connectivity index (χ4v) is 5.12. The van der Waals surface area contributed by atoms with Gasteiger partial charge >= 0.3 is 0 Å². The van der Waals surface area contributed by atoms with Gasteiger partial charge in [0.1, 0.15) is 11.2 Å². The van der Waals surface area contributed by atoms with Gasteiger partial charge in [-0.15, -0.1) is 11.3 Å². The number of hydrogen-bond donors (Lipinski definition) is 1. The number of carbonyl (C=O) groups is 1. The molecule has 1 fully saturated rings. The first-order chi connectivity index (χ1) is 16.2. The lowest BCUT2D eigenvalue weighted by atomic mass is 9.95. The molecule has 33 heavy (non-hydrogen) atoms. The molecule has 1 N–H and O–H groups in total. The Morgan fingerprint density at radius 3 is 2.88 bits per heavy atom. The van der Waals surface area contributed by atoms with Crippen molar-refractivity contribution < 1.29 is 14.3 Å². The third-order valence-electron chi connectivity index (χ3n) is 6.21. The van der Waals surface area contributed by atoms with Crippen LogP contribution in [-0.2, 0) is 11.3 Å². The summed E-state index contributed by atoms with van der Waals surface area (Å²) < 4.78 is 12.7. The maximum absolute atomic E-state index is 12.8. The van der Waals surface area contributed by atoms with Gasteiger partial charge in [0, 0.05) is 37.9 Å². The molecule has 4 aromatic rings. The highest BCUT2D eigenvalue weighted by Crippen LogP contribution is 2.33. The number of hydrogen-bond acceptors (Lipinski definition) is 7. The van der Waals surface area contributed by atoms with Crippen LogP contribution in [0.3, 0.4) is 0 Å². The number of amides is 1. The van der Waals surface area contributed by atoms with Gasteiger partial charge in [-0.05, 0) is 48.1 Å². The minimum atomic E-state index is 0.00147. The van der Waals surface area contributed by atoms with Crippen LogP contribution in [0.1, 0.15) is 18.4 Å². The quantitative estimate of drug-likeness (QED) is 0.488. The molecule has 0 saturated carbocycles. The minimum Gasteiger partial charge on any atom is -0.454 e. The summed E-state index contributed by atoms with van der Waals surface area (Å²) in [5.74, 6) is 2.51. The number of nitrogens with zero attached hydrogens (tertiary/aromatic N) is 4. The molecule has 168 valence electrons. The van der Waals surface area contributed by atoms with Gasteiger partial charge in [0.05, 0.1) is 4.88 Å². The first-order valence-corrected chi connectivity index (χ1v) is 11.9. The lowest BCUT2D eigenvalue weighted by Gasteiger charge is -2.32. The number of carbonyl (C=O) groups excluding carboxylic acids is 1. The van der Waals surface area contributed by atoms with Gasteiger partial charge in [0.25, 0.3) is 0 Å². The van der Waals surface area contributed by atoms with E-state index in [-0.39, 0.29) is 18.6 Å². The largest absolute Gasteiger partial charge is 0.454 e. The average Bonchev–Trinajstić information content (AvgIpc) is 3.62. The van der Waals surface area contributed by atoms with E-state index in [4.69, 9.17) is 14.6 Å². The molecule has 9 heteroatoms. The standard InChI is InChI=1S/C24H23N5O3S/c30-24(26-14-16-3-4-20-21(12-16)32-15-31-20)17-5-8-28(9-6-17)23-19-13-18(22-2-1-11-33-22)27-29(19)10-7-25-23/h1-4,7,10-13,17H,5-6,8-9,14-15H2,(H,26,30). The molecule has 1 aromatic carbocycles. The summed E-state index contributed by atoms with van der Waals surface area (Å²) in [5.41, 5.74) is 2.95. The molecule has 1 saturated heterocycles. The van der Waals surface area contributed by atoms with Crippen LogP contribution in [0.2, 0.25) is 0 Å². The Bertz CT molecular complexity index is 1290. The normalized spacial score (nSPS) is 15.8. The lowest BCUT2D eigenvalue weighted by molar-refractivity contribution is -0.125. The third-order valence-corrected chi connectivity index (χ3v) is 7.10. The molecule has 0 unspecified atom stereocenters. The number of thiophene rings is 1. The fraction of sp³-hybridized carbons (Fsp3) is 0.292. The van der Waals surface area contributed by atoms with Crippen molar-refractivity contribution in [2.45, 2.75) is 19.4 Å². The maximum Gasteiger partial charge on any atom is 0.231 e. The summed E-state index contributed by atoms with van der Waals surface area (Å²) in [5, 5.41) is 9.85. The van der Waals surface area contributed by atoms with Crippen LogP contribution in [0.25, 0.3) is 16.1 Å². The second kappa shape index (κ2) is 8.40. The number of benzene rings is 1. The van der Waals surface area contributed by atoms with Crippen molar-refractivity contribution in [1.82, 2.24) is 19.9 Å². The van der Waals surface area contributed by atoms with Gasteiger partial charge in [-0.25, -0.2) is 9.50 Å². The molecule has 0 bridgehead atoms. The molecular weight excluding hydrogens is 438 g/mol. The van der Waals surface area contributed by atoms with Gasteiger partial charge in [0.2, 0.25) is 12.7 Å².